The molecule has 5 heteroatoms. The second kappa shape index (κ2) is 10.4. The fraction of sp³-hybridized carbons (Fsp3) is 0.278. The van der Waals surface area contributed by atoms with E-state index in [2.05, 4.69) is 24.3 Å². The number of benzene rings is 2. The van der Waals surface area contributed by atoms with Gasteiger partial charge in [-0.2, -0.15) is 11.8 Å². The van der Waals surface area contributed by atoms with Gasteiger partial charge in [0.1, 0.15) is 12.0 Å². The zero-order valence-electron chi connectivity index (χ0n) is 12.9. The SMILES string of the molecule is N[C@@H](CSCc1ccccc1)C(=O)OCSCc1ccccc1. The molecule has 2 N–H and O–H groups in total. The molecule has 0 aromatic heterocycles. The fourth-order valence-corrected chi connectivity index (χ4v) is 3.53. The number of esters is 1. The second-order valence-corrected chi connectivity index (χ2v) is 6.99. The predicted molar refractivity (Wildman–Crippen MR) is 99.3 cm³/mol. The van der Waals surface area contributed by atoms with E-state index in [-0.39, 0.29) is 5.97 Å². The molecule has 0 aliphatic heterocycles. The smallest absolute Gasteiger partial charge is 0.324 e. The number of carbonyl (C=O) groups excluding carboxylic acids is 1. The summed E-state index contributed by atoms with van der Waals surface area (Å²) in [6.45, 7) is 0. The normalized spacial score (nSPS) is 11.9. The zero-order chi connectivity index (χ0) is 16.3. The molecule has 2 aromatic carbocycles. The highest BCUT2D eigenvalue weighted by Gasteiger charge is 2.14. The third-order valence-electron chi connectivity index (χ3n) is 3.11. The van der Waals surface area contributed by atoms with Crippen LogP contribution in [0.3, 0.4) is 0 Å². The molecule has 0 fully saturated rings. The number of hydrogen-bond donors (Lipinski definition) is 1. The van der Waals surface area contributed by atoms with Crippen molar-refractivity contribution in [3.63, 3.8) is 0 Å². The third kappa shape index (κ3) is 7.12. The summed E-state index contributed by atoms with van der Waals surface area (Å²) >= 11 is 3.21. The van der Waals surface area contributed by atoms with Crippen molar-refractivity contribution in [1.29, 1.82) is 0 Å². The van der Waals surface area contributed by atoms with E-state index in [4.69, 9.17) is 10.5 Å². The van der Waals surface area contributed by atoms with Gasteiger partial charge in [0.2, 0.25) is 0 Å². The van der Waals surface area contributed by atoms with Gasteiger partial charge in [0.15, 0.2) is 0 Å². The lowest BCUT2D eigenvalue weighted by molar-refractivity contribution is -0.142. The molecule has 0 unspecified atom stereocenters. The molecule has 1 atom stereocenters. The Morgan fingerprint density at radius 1 is 0.913 bits per heavy atom. The monoisotopic (exact) mass is 347 g/mol. The summed E-state index contributed by atoms with van der Waals surface area (Å²) in [6, 6.07) is 19.7. The van der Waals surface area contributed by atoms with Crippen LogP contribution >= 0.6 is 23.5 Å². The van der Waals surface area contributed by atoms with Crippen molar-refractivity contribution in [2.24, 2.45) is 5.73 Å². The van der Waals surface area contributed by atoms with Gasteiger partial charge in [-0.1, -0.05) is 60.7 Å². The highest BCUT2D eigenvalue weighted by atomic mass is 32.2. The van der Waals surface area contributed by atoms with Crippen molar-refractivity contribution in [3.8, 4) is 0 Å². The Labute approximate surface area is 146 Å². The fourth-order valence-electron chi connectivity index (χ4n) is 1.89. The first-order chi connectivity index (χ1) is 11.3. The van der Waals surface area contributed by atoms with Crippen LogP contribution in [0.15, 0.2) is 60.7 Å². The quantitative estimate of drug-likeness (QED) is 0.426. The van der Waals surface area contributed by atoms with Crippen molar-refractivity contribution in [3.05, 3.63) is 71.8 Å². The number of hydrogen-bond acceptors (Lipinski definition) is 5. The summed E-state index contributed by atoms with van der Waals surface area (Å²) in [4.78, 5) is 11.8. The van der Waals surface area contributed by atoms with Crippen LogP contribution in [0.2, 0.25) is 0 Å². The Morgan fingerprint density at radius 2 is 1.43 bits per heavy atom. The van der Waals surface area contributed by atoms with Gasteiger partial charge in [-0.3, -0.25) is 4.79 Å². The average molecular weight is 348 g/mol. The van der Waals surface area contributed by atoms with Crippen LogP contribution in [0, 0.1) is 0 Å². The summed E-state index contributed by atoms with van der Waals surface area (Å²) in [5, 5.41) is 0. The molecule has 0 saturated heterocycles. The van der Waals surface area contributed by atoms with Crippen LogP contribution < -0.4 is 5.73 Å². The van der Waals surface area contributed by atoms with Crippen molar-refractivity contribution < 1.29 is 9.53 Å². The molecule has 2 aromatic rings. The van der Waals surface area contributed by atoms with Gasteiger partial charge >= 0.3 is 5.97 Å². The van der Waals surface area contributed by atoms with E-state index in [1.807, 2.05) is 36.4 Å². The number of thioether (sulfide) groups is 2. The maximum absolute atomic E-state index is 11.8. The minimum absolute atomic E-state index is 0.328. The predicted octanol–water partition coefficient (Wildman–Crippen LogP) is 3.68. The first kappa shape index (κ1) is 17.9. The number of carbonyl (C=O) groups is 1. The van der Waals surface area contributed by atoms with Crippen LogP contribution in [0.1, 0.15) is 11.1 Å². The molecule has 2 rings (SSSR count). The Balaban J connectivity index is 1.57. The summed E-state index contributed by atoms with van der Waals surface area (Å²) in [5.74, 6) is 2.25. The summed E-state index contributed by atoms with van der Waals surface area (Å²) in [6.07, 6.45) is 0. The van der Waals surface area contributed by atoms with Gasteiger partial charge < -0.3 is 10.5 Å². The van der Waals surface area contributed by atoms with E-state index in [1.54, 1.807) is 23.5 Å². The molecule has 0 aliphatic rings. The Morgan fingerprint density at radius 3 is 2.00 bits per heavy atom. The average Bonchev–Trinajstić information content (AvgIpc) is 2.60. The molecule has 0 heterocycles. The minimum atomic E-state index is -0.568. The number of nitrogens with two attached hydrogens (primary N) is 1. The first-order valence-corrected chi connectivity index (χ1v) is 9.72. The summed E-state index contributed by atoms with van der Waals surface area (Å²) < 4.78 is 5.21. The van der Waals surface area contributed by atoms with Crippen molar-refractivity contribution in [1.82, 2.24) is 0 Å². The molecular formula is C18H21NO2S2. The third-order valence-corrected chi connectivity index (χ3v) is 5.06. The Kier molecular flexibility index (Phi) is 8.07. The van der Waals surface area contributed by atoms with E-state index in [9.17, 15) is 4.79 Å². The molecule has 0 aliphatic carbocycles. The van der Waals surface area contributed by atoms with Crippen LogP contribution in [-0.2, 0) is 21.0 Å². The van der Waals surface area contributed by atoms with Gasteiger partial charge in [-0.05, 0) is 11.1 Å². The van der Waals surface area contributed by atoms with Crippen LogP contribution in [-0.4, -0.2) is 23.7 Å². The lowest BCUT2D eigenvalue weighted by Gasteiger charge is -2.11. The van der Waals surface area contributed by atoms with Crippen LogP contribution in [0.4, 0.5) is 0 Å². The van der Waals surface area contributed by atoms with Gasteiger partial charge in [-0.15, -0.1) is 11.8 Å². The highest BCUT2D eigenvalue weighted by Crippen LogP contribution is 2.14. The van der Waals surface area contributed by atoms with Gasteiger partial charge in [-0.25, -0.2) is 0 Å². The molecule has 0 spiro atoms. The molecule has 3 nitrogen and oxygen atoms in total. The van der Waals surface area contributed by atoms with Crippen molar-refractivity contribution >= 4 is 29.5 Å². The molecular weight excluding hydrogens is 326 g/mol. The molecule has 0 amide bonds. The van der Waals surface area contributed by atoms with Crippen molar-refractivity contribution in [2.45, 2.75) is 17.5 Å². The molecule has 0 saturated carbocycles. The second-order valence-electron chi connectivity index (χ2n) is 5.02. The van der Waals surface area contributed by atoms with E-state index in [0.717, 1.165) is 11.5 Å². The van der Waals surface area contributed by atoms with Crippen LogP contribution in [0.5, 0.6) is 0 Å². The van der Waals surface area contributed by atoms with E-state index >= 15 is 0 Å². The van der Waals surface area contributed by atoms with Gasteiger partial charge in [0.25, 0.3) is 0 Å². The molecule has 23 heavy (non-hydrogen) atoms. The highest BCUT2D eigenvalue weighted by molar-refractivity contribution is 7.98. The maximum atomic E-state index is 11.8. The largest absolute Gasteiger partial charge is 0.453 e. The summed E-state index contributed by atoms with van der Waals surface area (Å²) in [7, 11) is 0. The lowest BCUT2D eigenvalue weighted by Crippen LogP contribution is -2.34. The van der Waals surface area contributed by atoms with E-state index in [0.29, 0.717) is 11.7 Å². The molecule has 0 radical (unpaired) electrons. The summed E-state index contributed by atoms with van der Waals surface area (Å²) in [5.41, 5.74) is 8.32. The van der Waals surface area contributed by atoms with E-state index in [1.165, 1.54) is 11.1 Å². The van der Waals surface area contributed by atoms with Crippen LogP contribution in [0.25, 0.3) is 0 Å². The number of ether oxygens (including phenoxy) is 1. The van der Waals surface area contributed by atoms with Crippen molar-refractivity contribution in [2.75, 3.05) is 11.7 Å². The minimum Gasteiger partial charge on any atom is -0.453 e. The maximum Gasteiger partial charge on any atom is 0.324 e. The van der Waals surface area contributed by atoms with E-state index < -0.39 is 6.04 Å². The molecule has 0 bridgehead atoms. The van der Waals surface area contributed by atoms with Gasteiger partial charge in [0, 0.05) is 17.3 Å². The number of rotatable bonds is 9. The topological polar surface area (TPSA) is 52.3 Å². The lowest BCUT2D eigenvalue weighted by atomic mass is 10.2. The Bertz CT molecular complexity index is 578. The van der Waals surface area contributed by atoms with Gasteiger partial charge in [0.05, 0.1) is 0 Å². The standard InChI is InChI=1S/C18H21NO2S2/c19-17(13-22-11-15-7-3-1-4-8-15)18(20)21-14-23-12-16-9-5-2-6-10-16/h1-10,17H,11-14,19H2/t17-/m0/s1. The first-order valence-electron chi connectivity index (χ1n) is 7.41. The zero-order valence-corrected chi connectivity index (χ0v) is 14.5. The molecule has 122 valence electrons. The Hall–Kier alpha value is -1.43.